The third-order valence-corrected chi connectivity index (χ3v) is 4.33. The van der Waals surface area contributed by atoms with Crippen LogP contribution in [-0.2, 0) is 19.1 Å². The van der Waals surface area contributed by atoms with Crippen molar-refractivity contribution in [3.8, 4) is 5.75 Å². The molecule has 0 spiro atoms. The number of hydrogen-bond acceptors (Lipinski definition) is 7. The molecule has 0 aromatic heterocycles. The number of ether oxygens (including phenoxy) is 3. The molecule has 0 saturated carbocycles. The Balaban J connectivity index is 1.91. The molecular weight excluding hydrogens is 338 g/mol. The Morgan fingerprint density at radius 3 is 2.38 bits per heavy atom. The average molecular weight is 359 g/mol. The fraction of sp³-hybridized carbons (Fsp3) is 0.368. The normalized spacial score (nSPS) is 24.7. The first-order valence-electron chi connectivity index (χ1n) is 8.20. The van der Waals surface area contributed by atoms with Gasteiger partial charge in [0.1, 0.15) is 11.3 Å². The predicted molar refractivity (Wildman–Crippen MR) is 93.6 cm³/mol. The number of carbonyl (C=O) groups excluding carboxylic acids is 2. The first-order chi connectivity index (χ1) is 12.2. The lowest BCUT2D eigenvalue weighted by Gasteiger charge is -2.33. The van der Waals surface area contributed by atoms with Gasteiger partial charge in [-0.2, -0.15) is 0 Å². The summed E-state index contributed by atoms with van der Waals surface area (Å²) in [6.45, 7) is 4.68. The lowest BCUT2D eigenvalue weighted by Crippen LogP contribution is -2.42. The number of aliphatic hydroxyl groups is 1. The highest BCUT2D eigenvalue weighted by atomic mass is 16.8. The zero-order chi connectivity index (χ0) is 19.1. The molecule has 1 aromatic carbocycles. The van der Waals surface area contributed by atoms with Crippen molar-refractivity contribution in [1.82, 2.24) is 0 Å². The Bertz CT molecular complexity index is 806. The summed E-state index contributed by atoms with van der Waals surface area (Å²) in [7, 11) is 1.58. The van der Waals surface area contributed by atoms with Crippen LogP contribution in [0.25, 0.3) is 0 Å². The van der Waals surface area contributed by atoms with Gasteiger partial charge in [0, 0.05) is 19.5 Å². The van der Waals surface area contributed by atoms with E-state index in [-0.39, 0.29) is 11.4 Å². The number of methoxy groups -OCH3 is 1. The summed E-state index contributed by atoms with van der Waals surface area (Å²) in [4.78, 5) is 25.0. The summed E-state index contributed by atoms with van der Waals surface area (Å²) in [6.07, 6.45) is 1.73. The highest BCUT2D eigenvalue weighted by Gasteiger charge is 2.47. The Labute approximate surface area is 151 Å². The van der Waals surface area contributed by atoms with Crippen LogP contribution in [0.5, 0.6) is 5.75 Å². The first kappa shape index (κ1) is 17.8. The van der Waals surface area contributed by atoms with Gasteiger partial charge in [0.25, 0.3) is 11.7 Å². The van der Waals surface area contributed by atoms with E-state index in [1.807, 2.05) is 0 Å². The van der Waals surface area contributed by atoms with Crippen molar-refractivity contribution in [3.05, 3.63) is 47.4 Å². The molecule has 7 heteroatoms. The minimum atomic E-state index is -1.28. The van der Waals surface area contributed by atoms with Crippen LogP contribution in [0.2, 0.25) is 0 Å². The van der Waals surface area contributed by atoms with Crippen molar-refractivity contribution < 1.29 is 28.9 Å². The molecule has 0 fully saturated rings. The van der Waals surface area contributed by atoms with Gasteiger partial charge in [0.05, 0.1) is 19.1 Å². The van der Waals surface area contributed by atoms with Crippen LogP contribution in [-0.4, -0.2) is 35.8 Å². The second-order valence-electron chi connectivity index (χ2n) is 6.70. The van der Waals surface area contributed by atoms with E-state index in [0.29, 0.717) is 11.3 Å². The molecule has 2 N–H and O–H groups in total. The molecule has 138 valence electrons. The largest absolute Gasteiger partial charge is 0.497 e. The molecule has 1 heterocycles. The van der Waals surface area contributed by atoms with Crippen LogP contribution in [0.4, 0.5) is 5.69 Å². The molecule has 0 saturated heterocycles. The predicted octanol–water partition coefficient (Wildman–Crippen LogP) is 2.70. The van der Waals surface area contributed by atoms with Gasteiger partial charge < -0.3 is 24.6 Å². The standard InChI is InChI=1S/C19H21NO6/c1-10-9-13(20-11-5-7-12(24-4)8-6-11)14(16(10)21)15-17(22)25-19(2,3)26-18(15)23/h5-9,13-14,20,22H,1-4H3/t13-,14+/m0/s1. The summed E-state index contributed by atoms with van der Waals surface area (Å²) in [5, 5.41) is 13.4. The maximum Gasteiger partial charge on any atom is 0.345 e. The highest BCUT2D eigenvalue weighted by molar-refractivity contribution is 6.08. The van der Waals surface area contributed by atoms with E-state index in [1.165, 1.54) is 13.8 Å². The van der Waals surface area contributed by atoms with Gasteiger partial charge in [0.2, 0.25) is 0 Å². The van der Waals surface area contributed by atoms with Crippen LogP contribution >= 0.6 is 0 Å². The van der Waals surface area contributed by atoms with Gasteiger partial charge in [0.15, 0.2) is 5.78 Å². The maximum absolute atomic E-state index is 12.6. The van der Waals surface area contributed by atoms with Crippen molar-refractivity contribution in [2.75, 3.05) is 12.4 Å². The number of cyclic esters (lactones) is 1. The van der Waals surface area contributed by atoms with Crippen LogP contribution in [0.15, 0.2) is 47.4 Å². The lowest BCUT2D eigenvalue weighted by atomic mass is 9.90. The molecule has 0 bridgehead atoms. The van der Waals surface area contributed by atoms with Crippen LogP contribution in [0, 0.1) is 5.92 Å². The number of rotatable bonds is 4. The number of esters is 1. The highest BCUT2D eigenvalue weighted by Crippen LogP contribution is 2.36. The van der Waals surface area contributed by atoms with Gasteiger partial charge in [-0.05, 0) is 36.8 Å². The number of Topliss-reactive ketones (excluding diaryl/α,β-unsaturated/α-hetero) is 1. The number of allylic oxidation sites excluding steroid dienone is 1. The molecule has 3 rings (SSSR count). The van der Waals surface area contributed by atoms with Crippen molar-refractivity contribution in [1.29, 1.82) is 0 Å². The molecule has 0 unspecified atom stereocenters. The molecule has 0 radical (unpaired) electrons. The third kappa shape index (κ3) is 3.24. The topological polar surface area (TPSA) is 94.1 Å². The van der Waals surface area contributed by atoms with E-state index >= 15 is 0 Å². The molecule has 26 heavy (non-hydrogen) atoms. The van der Waals surface area contributed by atoms with Crippen LogP contribution in [0.3, 0.4) is 0 Å². The first-order valence-corrected chi connectivity index (χ1v) is 8.20. The Morgan fingerprint density at radius 2 is 1.81 bits per heavy atom. The number of ketones is 1. The van der Waals surface area contributed by atoms with Crippen molar-refractivity contribution in [3.63, 3.8) is 0 Å². The molecule has 1 aromatic rings. The molecule has 1 aliphatic heterocycles. The number of anilines is 1. The summed E-state index contributed by atoms with van der Waals surface area (Å²) in [6, 6.07) is 6.64. The number of benzene rings is 1. The van der Waals surface area contributed by atoms with Crippen LogP contribution in [0.1, 0.15) is 20.8 Å². The SMILES string of the molecule is COc1ccc(N[C@H]2C=C(C)C(=O)[C@H]2C2=C(O)OC(C)(C)OC2=O)cc1. The van der Waals surface area contributed by atoms with E-state index < -0.39 is 29.7 Å². The minimum absolute atomic E-state index is 0.173. The average Bonchev–Trinajstić information content (AvgIpc) is 2.82. The maximum atomic E-state index is 12.6. The van der Waals surface area contributed by atoms with Gasteiger partial charge in [-0.3, -0.25) is 4.79 Å². The van der Waals surface area contributed by atoms with Crippen molar-refractivity contribution in [2.24, 2.45) is 5.92 Å². The van der Waals surface area contributed by atoms with Gasteiger partial charge in [-0.1, -0.05) is 6.08 Å². The molecule has 1 aliphatic carbocycles. The molecular formula is C19H21NO6. The second kappa shape index (κ2) is 6.40. The van der Waals surface area contributed by atoms with E-state index in [4.69, 9.17) is 14.2 Å². The summed E-state index contributed by atoms with van der Waals surface area (Å²) in [5.41, 5.74) is 1.07. The second-order valence-corrected chi connectivity index (χ2v) is 6.70. The Hall–Kier alpha value is -2.96. The summed E-state index contributed by atoms with van der Waals surface area (Å²) < 4.78 is 15.6. The summed E-state index contributed by atoms with van der Waals surface area (Å²) in [5.74, 6) is -3.11. The number of carbonyl (C=O) groups is 2. The fourth-order valence-electron chi connectivity index (χ4n) is 3.11. The number of nitrogens with one attached hydrogen (secondary N) is 1. The fourth-order valence-corrected chi connectivity index (χ4v) is 3.11. The zero-order valence-corrected chi connectivity index (χ0v) is 15.0. The summed E-state index contributed by atoms with van der Waals surface area (Å²) >= 11 is 0. The van der Waals surface area contributed by atoms with Crippen molar-refractivity contribution in [2.45, 2.75) is 32.6 Å². The molecule has 7 nitrogen and oxygen atoms in total. The van der Waals surface area contributed by atoms with E-state index in [1.54, 1.807) is 44.4 Å². The van der Waals surface area contributed by atoms with Gasteiger partial charge in [-0.25, -0.2) is 4.79 Å². The van der Waals surface area contributed by atoms with E-state index in [0.717, 1.165) is 5.69 Å². The molecule has 2 aliphatic rings. The van der Waals surface area contributed by atoms with E-state index in [2.05, 4.69) is 5.32 Å². The Morgan fingerprint density at radius 1 is 1.15 bits per heavy atom. The monoisotopic (exact) mass is 359 g/mol. The van der Waals surface area contributed by atoms with Crippen LogP contribution < -0.4 is 10.1 Å². The quantitative estimate of drug-likeness (QED) is 0.798. The van der Waals surface area contributed by atoms with Gasteiger partial charge >= 0.3 is 5.97 Å². The zero-order valence-electron chi connectivity index (χ0n) is 15.0. The molecule has 2 atom stereocenters. The van der Waals surface area contributed by atoms with Gasteiger partial charge in [-0.15, -0.1) is 0 Å². The number of aliphatic hydroxyl groups excluding tert-OH is 1. The smallest absolute Gasteiger partial charge is 0.345 e. The molecule has 0 amide bonds. The lowest BCUT2D eigenvalue weighted by molar-refractivity contribution is -0.223. The number of hydrogen-bond donors (Lipinski definition) is 2. The Kier molecular flexibility index (Phi) is 4.39. The van der Waals surface area contributed by atoms with E-state index in [9.17, 15) is 14.7 Å². The van der Waals surface area contributed by atoms with Crippen molar-refractivity contribution >= 4 is 17.4 Å². The third-order valence-electron chi connectivity index (χ3n) is 4.33. The minimum Gasteiger partial charge on any atom is -0.497 e.